The first-order chi connectivity index (χ1) is 8.10. The number of benzene rings is 1. The molecule has 0 aliphatic heterocycles. The number of para-hydroxylation sites is 1. The number of carbonyl (C=O) groups is 1. The van der Waals surface area contributed by atoms with Crippen molar-refractivity contribution in [1.82, 2.24) is 0 Å². The van der Waals surface area contributed by atoms with Gasteiger partial charge in [0, 0.05) is 19.3 Å². The summed E-state index contributed by atoms with van der Waals surface area (Å²) in [4.78, 5) is 11.8. The highest BCUT2D eigenvalue weighted by Gasteiger charge is 2.17. The van der Waals surface area contributed by atoms with Gasteiger partial charge >= 0.3 is 0 Å². The van der Waals surface area contributed by atoms with Gasteiger partial charge in [0.2, 0.25) is 0 Å². The monoisotopic (exact) mass is 272 g/mol. The Morgan fingerprint density at radius 3 is 2.50 bits per heavy atom. The summed E-state index contributed by atoms with van der Waals surface area (Å²) < 4.78 is 5.00. The molecular formula is C13H21ClN2O2. The van der Waals surface area contributed by atoms with Crippen LogP contribution in [0.2, 0.25) is 0 Å². The summed E-state index contributed by atoms with van der Waals surface area (Å²) >= 11 is 0. The fourth-order valence-electron chi connectivity index (χ4n) is 1.64. The van der Waals surface area contributed by atoms with Gasteiger partial charge in [0.1, 0.15) is 6.10 Å². The number of hydrogen-bond donors (Lipinski definition) is 2. The number of nitrogens with one attached hydrogen (secondary N) is 1. The smallest absolute Gasteiger partial charge is 0.254 e. The SMILES string of the molecule is COC(CN)C(=O)Nc1ccccc1C(C)C.Cl. The van der Waals surface area contributed by atoms with Gasteiger partial charge in [0.05, 0.1) is 0 Å². The van der Waals surface area contributed by atoms with Crippen molar-refractivity contribution in [3.8, 4) is 0 Å². The molecule has 5 heteroatoms. The maximum atomic E-state index is 11.8. The number of hydrogen-bond acceptors (Lipinski definition) is 3. The fraction of sp³-hybridized carbons (Fsp3) is 0.462. The van der Waals surface area contributed by atoms with E-state index < -0.39 is 6.10 Å². The van der Waals surface area contributed by atoms with Crippen molar-refractivity contribution in [1.29, 1.82) is 0 Å². The summed E-state index contributed by atoms with van der Waals surface area (Å²) in [6.07, 6.45) is -0.602. The second kappa shape index (κ2) is 8.08. The Balaban J connectivity index is 0.00000289. The zero-order valence-electron chi connectivity index (χ0n) is 11.0. The highest BCUT2D eigenvalue weighted by Crippen LogP contribution is 2.23. The van der Waals surface area contributed by atoms with Crippen LogP contribution in [0.1, 0.15) is 25.3 Å². The molecule has 0 spiro atoms. The van der Waals surface area contributed by atoms with Crippen LogP contribution in [0, 0.1) is 0 Å². The molecule has 0 saturated carbocycles. The third kappa shape index (κ3) is 4.29. The molecule has 1 atom stereocenters. The summed E-state index contributed by atoms with van der Waals surface area (Å²) in [5.74, 6) is 0.147. The summed E-state index contributed by atoms with van der Waals surface area (Å²) in [7, 11) is 1.48. The molecule has 0 radical (unpaired) electrons. The molecule has 1 aromatic carbocycles. The minimum Gasteiger partial charge on any atom is -0.370 e. The van der Waals surface area contributed by atoms with Gasteiger partial charge in [-0.1, -0.05) is 32.0 Å². The van der Waals surface area contributed by atoms with Gasteiger partial charge in [-0.25, -0.2) is 0 Å². The Hall–Kier alpha value is -1.10. The average molecular weight is 273 g/mol. The van der Waals surface area contributed by atoms with E-state index in [1.54, 1.807) is 0 Å². The van der Waals surface area contributed by atoms with Crippen LogP contribution < -0.4 is 11.1 Å². The standard InChI is InChI=1S/C13H20N2O2.ClH/c1-9(2)10-6-4-5-7-11(10)15-13(16)12(8-14)17-3;/h4-7,9,12H,8,14H2,1-3H3,(H,15,16);1H. The van der Waals surface area contributed by atoms with Gasteiger partial charge in [0.15, 0.2) is 0 Å². The van der Waals surface area contributed by atoms with E-state index in [0.29, 0.717) is 5.92 Å². The molecule has 4 nitrogen and oxygen atoms in total. The van der Waals surface area contributed by atoms with Crippen LogP contribution in [-0.4, -0.2) is 25.7 Å². The Labute approximate surface area is 114 Å². The molecule has 1 rings (SSSR count). The number of carbonyl (C=O) groups excluding carboxylic acids is 1. The molecule has 0 heterocycles. The Bertz CT molecular complexity index is 379. The summed E-state index contributed by atoms with van der Waals surface area (Å²) in [6, 6.07) is 7.74. The quantitative estimate of drug-likeness (QED) is 0.863. The summed E-state index contributed by atoms with van der Waals surface area (Å²) in [6.45, 7) is 4.34. The lowest BCUT2D eigenvalue weighted by molar-refractivity contribution is -0.125. The van der Waals surface area contributed by atoms with Gasteiger partial charge in [-0.2, -0.15) is 0 Å². The van der Waals surface area contributed by atoms with Gasteiger partial charge in [-0.15, -0.1) is 12.4 Å². The van der Waals surface area contributed by atoms with Gasteiger partial charge < -0.3 is 15.8 Å². The Morgan fingerprint density at radius 2 is 2.00 bits per heavy atom. The normalized spacial score (nSPS) is 11.8. The highest BCUT2D eigenvalue weighted by atomic mass is 35.5. The average Bonchev–Trinajstić information content (AvgIpc) is 2.31. The van der Waals surface area contributed by atoms with E-state index in [1.165, 1.54) is 7.11 Å². The molecule has 0 aliphatic carbocycles. The fourth-order valence-corrected chi connectivity index (χ4v) is 1.64. The predicted octanol–water partition coefficient (Wildman–Crippen LogP) is 2.14. The zero-order chi connectivity index (χ0) is 12.8. The maximum absolute atomic E-state index is 11.8. The zero-order valence-corrected chi connectivity index (χ0v) is 11.8. The first-order valence-electron chi connectivity index (χ1n) is 5.72. The first kappa shape index (κ1) is 16.9. The van der Waals surface area contributed by atoms with Crippen molar-refractivity contribution in [2.45, 2.75) is 25.9 Å². The van der Waals surface area contributed by atoms with Crippen molar-refractivity contribution in [2.24, 2.45) is 5.73 Å². The predicted molar refractivity (Wildman–Crippen MR) is 76.3 cm³/mol. The molecule has 0 fully saturated rings. The van der Waals surface area contributed by atoms with Gasteiger partial charge in [-0.05, 0) is 17.5 Å². The number of ether oxygens (including phenoxy) is 1. The molecule has 0 aliphatic rings. The van der Waals surface area contributed by atoms with E-state index in [1.807, 2.05) is 24.3 Å². The lowest BCUT2D eigenvalue weighted by atomic mass is 10.0. The van der Waals surface area contributed by atoms with E-state index in [-0.39, 0.29) is 24.9 Å². The number of halogens is 1. The van der Waals surface area contributed by atoms with Crippen molar-refractivity contribution in [3.63, 3.8) is 0 Å². The van der Waals surface area contributed by atoms with Crippen molar-refractivity contribution < 1.29 is 9.53 Å². The molecular weight excluding hydrogens is 252 g/mol. The Kier molecular flexibility index (Phi) is 7.59. The molecule has 0 saturated heterocycles. The van der Waals surface area contributed by atoms with Gasteiger partial charge in [0.25, 0.3) is 5.91 Å². The van der Waals surface area contributed by atoms with E-state index in [9.17, 15) is 4.79 Å². The summed E-state index contributed by atoms with van der Waals surface area (Å²) in [5, 5.41) is 2.85. The van der Waals surface area contributed by atoms with E-state index >= 15 is 0 Å². The van der Waals surface area contributed by atoms with Crippen LogP contribution >= 0.6 is 12.4 Å². The third-order valence-electron chi connectivity index (χ3n) is 2.63. The molecule has 1 amide bonds. The lowest BCUT2D eigenvalue weighted by Gasteiger charge is -2.17. The lowest BCUT2D eigenvalue weighted by Crippen LogP contribution is -2.36. The molecule has 1 aromatic rings. The molecule has 0 bridgehead atoms. The topological polar surface area (TPSA) is 64.3 Å². The molecule has 102 valence electrons. The van der Waals surface area contributed by atoms with Crippen LogP contribution in [-0.2, 0) is 9.53 Å². The number of nitrogens with two attached hydrogens (primary N) is 1. The number of methoxy groups -OCH3 is 1. The molecule has 1 unspecified atom stereocenters. The summed E-state index contributed by atoms with van der Waals surface area (Å²) in [5.41, 5.74) is 7.38. The van der Waals surface area contributed by atoms with Crippen LogP contribution in [0.4, 0.5) is 5.69 Å². The second-order valence-corrected chi connectivity index (χ2v) is 4.19. The minimum atomic E-state index is -0.602. The van der Waals surface area contributed by atoms with E-state index in [4.69, 9.17) is 10.5 Å². The van der Waals surface area contributed by atoms with Crippen LogP contribution in [0.15, 0.2) is 24.3 Å². The maximum Gasteiger partial charge on any atom is 0.254 e. The van der Waals surface area contributed by atoms with E-state index in [2.05, 4.69) is 19.2 Å². The van der Waals surface area contributed by atoms with Crippen molar-refractivity contribution in [3.05, 3.63) is 29.8 Å². The molecule has 0 aromatic heterocycles. The highest BCUT2D eigenvalue weighted by molar-refractivity contribution is 5.95. The van der Waals surface area contributed by atoms with Crippen LogP contribution in [0.25, 0.3) is 0 Å². The van der Waals surface area contributed by atoms with Crippen LogP contribution in [0.3, 0.4) is 0 Å². The van der Waals surface area contributed by atoms with E-state index in [0.717, 1.165) is 11.3 Å². The first-order valence-corrected chi connectivity index (χ1v) is 5.72. The minimum absolute atomic E-state index is 0. The molecule has 3 N–H and O–H groups in total. The van der Waals surface area contributed by atoms with Gasteiger partial charge in [-0.3, -0.25) is 4.79 Å². The third-order valence-corrected chi connectivity index (χ3v) is 2.63. The second-order valence-electron chi connectivity index (χ2n) is 4.19. The number of rotatable bonds is 5. The van der Waals surface area contributed by atoms with Crippen molar-refractivity contribution in [2.75, 3.05) is 19.0 Å². The Morgan fingerprint density at radius 1 is 1.39 bits per heavy atom. The number of anilines is 1. The largest absolute Gasteiger partial charge is 0.370 e. The van der Waals surface area contributed by atoms with Crippen LogP contribution in [0.5, 0.6) is 0 Å². The number of amides is 1. The van der Waals surface area contributed by atoms with Crippen molar-refractivity contribution >= 4 is 24.0 Å². The molecule has 18 heavy (non-hydrogen) atoms.